The maximum absolute atomic E-state index is 10.9. The summed E-state index contributed by atoms with van der Waals surface area (Å²) >= 11 is 0. The monoisotopic (exact) mass is 428 g/mol. The molecule has 5 aliphatic carbocycles. The van der Waals surface area contributed by atoms with Gasteiger partial charge in [-0.2, -0.15) is 0 Å². The van der Waals surface area contributed by atoms with Crippen LogP contribution in [-0.2, 0) is 0 Å². The molecule has 2 heteroatoms. The Kier molecular flexibility index (Phi) is 5.13. The van der Waals surface area contributed by atoms with Gasteiger partial charge in [0.1, 0.15) is 0 Å². The van der Waals surface area contributed by atoms with Crippen LogP contribution in [0.5, 0.6) is 0 Å². The van der Waals surface area contributed by atoms with Gasteiger partial charge in [-0.05, 0) is 122 Å². The molecular weight excluding hydrogens is 380 g/mol. The summed E-state index contributed by atoms with van der Waals surface area (Å²) in [6.07, 6.45) is 12.9. The highest BCUT2D eigenvalue weighted by Gasteiger charge is 2.81. The molecule has 176 valence electrons. The van der Waals surface area contributed by atoms with Crippen molar-refractivity contribution in [2.45, 2.75) is 117 Å². The second-order valence-electron chi connectivity index (χ2n) is 13.6. The average molecular weight is 429 g/mol. The van der Waals surface area contributed by atoms with Gasteiger partial charge in [0.25, 0.3) is 0 Å². The molecule has 0 heterocycles. The van der Waals surface area contributed by atoms with Crippen molar-refractivity contribution in [1.29, 1.82) is 0 Å². The van der Waals surface area contributed by atoms with E-state index in [1.807, 2.05) is 0 Å². The Morgan fingerprint density at radius 1 is 0.903 bits per heavy atom. The van der Waals surface area contributed by atoms with Crippen LogP contribution in [0.4, 0.5) is 0 Å². The lowest BCUT2D eigenvalue weighted by molar-refractivity contribution is -0.159. The Morgan fingerprint density at radius 3 is 2.35 bits per heavy atom. The van der Waals surface area contributed by atoms with Crippen molar-refractivity contribution >= 4 is 0 Å². The van der Waals surface area contributed by atoms with E-state index in [9.17, 15) is 10.2 Å². The van der Waals surface area contributed by atoms with Crippen molar-refractivity contribution in [2.24, 2.45) is 51.2 Å². The first-order chi connectivity index (χ1) is 14.5. The average Bonchev–Trinajstić information content (AvgIpc) is 3.31. The highest BCUT2D eigenvalue weighted by Crippen LogP contribution is 2.87. The second kappa shape index (κ2) is 7.08. The number of hydrogen-bond donors (Lipinski definition) is 2. The largest absolute Gasteiger partial charge is 0.390 e. The van der Waals surface area contributed by atoms with Gasteiger partial charge in [0, 0.05) is 0 Å². The first kappa shape index (κ1) is 22.5. The van der Waals surface area contributed by atoms with Crippen LogP contribution in [0.2, 0.25) is 0 Å². The fourth-order valence-corrected chi connectivity index (χ4v) is 10.5. The molecule has 2 nitrogen and oxygen atoms in total. The summed E-state index contributed by atoms with van der Waals surface area (Å²) in [5.74, 6) is 3.43. The molecule has 2 N–H and O–H groups in total. The zero-order chi connectivity index (χ0) is 22.4. The van der Waals surface area contributed by atoms with Gasteiger partial charge in [0.2, 0.25) is 0 Å². The zero-order valence-corrected chi connectivity index (χ0v) is 20.9. The molecule has 5 rings (SSSR count). The minimum atomic E-state index is -0.480. The maximum Gasteiger partial charge on any atom is 0.0832 e. The quantitative estimate of drug-likeness (QED) is 0.475. The van der Waals surface area contributed by atoms with E-state index in [4.69, 9.17) is 0 Å². The molecule has 5 fully saturated rings. The van der Waals surface area contributed by atoms with Crippen LogP contribution in [-0.4, -0.2) is 22.4 Å². The minimum absolute atomic E-state index is 0.359. The van der Waals surface area contributed by atoms with Crippen LogP contribution in [0.1, 0.15) is 105 Å². The van der Waals surface area contributed by atoms with Crippen molar-refractivity contribution in [1.82, 2.24) is 0 Å². The van der Waals surface area contributed by atoms with E-state index in [1.54, 1.807) is 0 Å². The van der Waals surface area contributed by atoms with E-state index >= 15 is 0 Å². The van der Waals surface area contributed by atoms with E-state index < -0.39 is 12.2 Å². The summed E-state index contributed by atoms with van der Waals surface area (Å²) in [6, 6.07) is 0. The van der Waals surface area contributed by atoms with E-state index in [1.165, 1.54) is 56.9 Å². The van der Waals surface area contributed by atoms with E-state index in [0.29, 0.717) is 33.5 Å². The number of aliphatic hydroxyl groups excluding tert-OH is 2. The first-order valence-corrected chi connectivity index (χ1v) is 13.6. The molecule has 0 bridgehead atoms. The Labute approximate surface area is 191 Å². The molecule has 5 saturated carbocycles. The molecule has 5 aliphatic rings. The lowest BCUT2D eigenvalue weighted by Crippen LogP contribution is -2.57. The van der Waals surface area contributed by atoms with Crippen LogP contribution < -0.4 is 0 Å². The summed E-state index contributed by atoms with van der Waals surface area (Å²) < 4.78 is 0. The van der Waals surface area contributed by atoms with Crippen LogP contribution in [0, 0.1) is 51.2 Å². The zero-order valence-electron chi connectivity index (χ0n) is 20.9. The number of rotatable bonds is 5. The van der Waals surface area contributed by atoms with Gasteiger partial charge in [0.05, 0.1) is 12.2 Å². The van der Waals surface area contributed by atoms with Gasteiger partial charge < -0.3 is 10.2 Å². The number of hydrogen-bond acceptors (Lipinski definition) is 2. The summed E-state index contributed by atoms with van der Waals surface area (Å²) in [6.45, 7) is 16.8. The second-order valence-corrected chi connectivity index (χ2v) is 13.6. The fraction of sp³-hybridized carbons (Fsp3) is 0.931. The predicted molar refractivity (Wildman–Crippen MR) is 127 cm³/mol. The predicted octanol–water partition coefficient (Wildman–Crippen LogP) is 6.75. The SMILES string of the molecule is C=C(CC[C@@H](C)[C@H]1CCC2(C)C3CCC4[C@H](O)[C@@H](O)CCC45CC35CCC12C)C(C)C. The molecular formula is C29H48O2. The van der Waals surface area contributed by atoms with Gasteiger partial charge in [-0.25, -0.2) is 0 Å². The molecule has 0 aromatic carbocycles. The van der Waals surface area contributed by atoms with E-state index in [2.05, 4.69) is 41.2 Å². The molecule has 0 saturated heterocycles. The molecule has 31 heavy (non-hydrogen) atoms. The number of aliphatic hydroxyl groups is 2. The Hall–Kier alpha value is -0.340. The summed E-state index contributed by atoms with van der Waals surface area (Å²) in [7, 11) is 0. The third-order valence-corrected chi connectivity index (χ3v) is 12.7. The van der Waals surface area contributed by atoms with Gasteiger partial charge >= 0.3 is 0 Å². The molecule has 10 atom stereocenters. The van der Waals surface area contributed by atoms with Gasteiger partial charge in [-0.1, -0.05) is 46.8 Å². The van der Waals surface area contributed by atoms with Crippen LogP contribution in [0.25, 0.3) is 0 Å². The van der Waals surface area contributed by atoms with Crippen molar-refractivity contribution in [3.05, 3.63) is 12.2 Å². The summed E-state index contributed by atoms with van der Waals surface area (Å²) in [4.78, 5) is 0. The van der Waals surface area contributed by atoms with Gasteiger partial charge in [-0.3, -0.25) is 0 Å². The minimum Gasteiger partial charge on any atom is -0.390 e. The van der Waals surface area contributed by atoms with Crippen molar-refractivity contribution in [3.8, 4) is 0 Å². The van der Waals surface area contributed by atoms with Crippen LogP contribution in [0.15, 0.2) is 12.2 Å². The molecule has 0 aliphatic heterocycles. The van der Waals surface area contributed by atoms with Crippen molar-refractivity contribution in [3.63, 3.8) is 0 Å². The molecule has 6 unspecified atom stereocenters. The van der Waals surface area contributed by atoms with Gasteiger partial charge in [-0.15, -0.1) is 0 Å². The van der Waals surface area contributed by atoms with E-state index in [0.717, 1.165) is 37.0 Å². The Balaban J connectivity index is 1.37. The molecule has 0 radical (unpaired) electrons. The number of allylic oxidation sites excluding steroid dienone is 1. The topological polar surface area (TPSA) is 40.5 Å². The highest BCUT2D eigenvalue weighted by atomic mass is 16.3. The molecule has 0 aromatic rings. The molecule has 0 amide bonds. The van der Waals surface area contributed by atoms with Gasteiger partial charge in [0.15, 0.2) is 0 Å². The third-order valence-electron chi connectivity index (χ3n) is 12.7. The first-order valence-electron chi connectivity index (χ1n) is 13.6. The Bertz CT molecular complexity index is 743. The Morgan fingerprint density at radius 2 is 1.65 bits per heavy atom. The molecule has 2 spiro atoms. The van der Waals surface area contributed by atoms with Crippen molar-refractivity contribution < 1.29 is 10.2 Å². The lowest BCUT2D eigenvalue weighted by atomic mass is 9.43. The molecule has 0 aromatic heterocycles. The van der Waals surface area contributed by atoms with Crippen LogP contribution in [0.3, 0.4) is 0 Å². The lowest BCUT2D eigenvalue weighted by Gasteiger charge is -2.62. The summed E-state index contributed by atoms with van der Waals surface area (Å²) in [5, 5.41) is 21.2. The standard InChI is InChI=1S/C29H48O2/c1-18(2)19(3)7-8-20(4)21-11-13-27(6)24-10-9-22-25(31)23(30)12-14-28(22)17-29(24,28)16-15-26(21,27)5/h18,20-25,30-31H,3,7-17H2,1-2,4-6H3/t20-,21-,22?,23+,24?,25+,26?,27?,28?,29?/m1/s1. The smallest absolute Gasteiger partial charge is 0.0832 e. The fourth-order valence-electron chi connectivity index (χ4n) is 10.5. The normalized spacial score (nSPS) is 53.9. The van der Waals surface area contributed by atoms with E-state index in [-0.39, 0.29) is 0 Å². The highest BCUT2D eigenvalue weighted by molar-refractivity contribution is 5.30. The maximum atomic E-state index is 10.9. The number of fused-ring (bicyclic) bond motifs is 2. The summed E-state index contributed by atoms with van der Waals surface area (Å²) in [5.41, 5.74) is 3.18. The third kappa shape index (κ3) is 2.76. The van der Waals surface area contributed by atoms with Crippen molar-refractivity contribution in [2.75, 3.05) is 0 Å². The van der Waals surface area contributed by atoms with Crippen LogP contribution >= 0.6 is 0 Å².